The van der Waals surface area contributed by atoms with E-state index in [0.29, 0.717) is 13.1 Å². The average Bonchev–Trinajstić information content (AvgIpc) is 2.50. The summed E-state index contributed by atoms with van der Waals surface area (Å²) in [6.45, 7) is 1.13. The summed E-state index contributed by atoms with van der Waals surface area (Å²) in [5.41, 5.74) is 2.41. The largest absolute Gasteiger partial charge is 0.322 e. The molecule has 21 heavy (non-hydrogen) atoms. The van der Waals surface area contributed by atoms with Gasteiger partial charge in [-0.1, -0.05) is 41.9 Å². The number of para-hydroxylation sites is 1. The van der Waals surface area contributed by atoms with Gasteiger partial charge in [-0.15, -0.1) is 0 Å². The fourth-order valence-electron chi connectivity index (χ4n) is 2.47. The number of benzene rings is 2. The molecule has 0 atom stereocenters. The Morgan fingerprint density at radius 1 is 1.14 bits per heavy atom. The Morgan fingerprint density at radius 2 is 1.90 bits per heavy atom. The molecule has 0 saturated heterocycles. The van der Waals surface area contributed by atoms with Crippen molar-refractivity contribution in [1.82, 2.24) is 4.90 Å². The molecule has 1 N–H and O–H groups in total. The van der Waals surface area contributed by atoms with Gasteiger partial charge in [0.2, 0.25) is 0 Å². The molecule has 3 nitrogen and oxygen atoms in total. The van der Waals surface area contributed by atoms with E-state index in [-0.39, 0.29) is 16.7 Å². The topological polar surface area (TPSA) is 32.3 Å². The zero-order valence-electron chi connectivity index (χ0n) is 11.3. The van der Waals surface area contributed by atoms with Crippen molar-refractivity contribution < 1.29 is 9.18 Å². The molecule has 1 aliphatic heterocycles. The number of halogens is 2. The first-order valence-corrected chi connectivity index (χ1v) is 7.09. The molecule has 2 aromatic rings. The summed E-state index contributed by atoms with van der Waals surface area (Å²) in [4.78, 5) is 13.9. The van der Waals surface area contributed by atoms with Crippen LogP contribution in [0.25, 0.3) is 0 Å². The van der Waals surface area contributed by atoms with E-state index in [1.165, 1.54) is 17.7 Å². The van der Waals surface area contributed by atoms with E-state index in [1.54, 1.807) is 11.0 Å². The second-order valence-corrected chi connectivity index (χ2v) is 5.37. The second-order valence-electron chi connectivity index (χ2n) is 4.97. The van der Waals surface area contributed by atoms with Crippen LogP contribution in [0.5, 0.6) is 0 Å². The molecule has 3 rings (SSSR count). The van der Waals surface area contributed by atoms with Gasteiger partial charge in [-0.3, -0.25) is 0 Å². The van der Waals surface area contributed by atoms with Gasteiger partial charge >= 0.3 is 6.03 Å². The van der Waals surface area contributed by atoms with Gasteiger partial charge in [-0.25, -0.2) is 9.18 Å². The Kier molecular flexibility index (Phi) is 3.80. The van der Waals surface area contributed by atoms with E-state index in [4.69, 9.17) is 11.6 Å². The molecule has 2 aromatic carbocycles. The molecule has 0 fully saturated rings. The van der Waals surface area contributed by atoms with Crippen LogP contribution in [0.4, 0.5) is 14.9 Å². The number of carbonyl (C=O) groups is 1. The van der Waals surface area contributed by atoms with Gasteiger partial charge < -0.3 is 10.2 Å². The summed E-state index contributed by atoms with van der Waals surface area (Å²) < 4.78 is 13.7. The molecule has 108 valence electrons. The maximum atomic E-state index is 13.7. The number of urea groups is 1. The first-order chi connectivity index (χ1) is 10.1. The Balaban J connectivity index is 1.76. The van der Waals surface area contributed by atoms with Crippen LogP contribution < -0.4 is 5.32 Å². The van der Waals surface area contributed by atoms with Crippen molar-refractivity contribution in [2.45, 2.75) is 13.0 Å². The van der Waals surface area contributed by atoms with E-state index in [9.17, 15) is 9.18 Å². The molecule has 0 aliphatic carbocycles. The summed E-state index contributed by atoms with van der Waals surface area (Å²) in [5.74, 6) is -0.534. The molecule has 0 spiro atoms. The number of nitrogens with one attached hydrogen (secondary N) is 1. The normalized spacial score (nSPS) is 13.7. The summed E-state index contributed by atoms with van der Waals surface area (Å²) >= 11 is 5.92. The Morgan fingerprint density at radius 3 is 2.67 bits per heavy atom. The molecule has 0 saturated carbocycles. The van der Waals surface area contributed by atoms with Crippen molar-refractivity contribution in [3.63, 3.8) is 0 Å². The van der Waals surface area contributed by atoms with Crippen molar-refractivity contribution in [2.24, 2.45) is 0 Å². The highest BCUT2D eigenvalue weighted by molar-refractivity contribution is 6.33. The van der Waals surface area contributed by atoms with Crippen molar-refractivity contribution in [1.29, 1.82) is 0 Å². The number of nitrogens with zero attached hydrogens (tertiary/aromatic N) is 1. The van der Waals surface area contributed by atoms with Crippen LogP contribution in [0.1, 0.15) is 11.1 Å². The van der Waals surface area contributed by atoms with Crippen LogP contribution in [0, 0.1) is 5.82 Å². The summed E-state index contributed by atoms with van der Waals surface area (Å²) in [6, 6.07) is 12.0. The van der Waals surface area contributed by atoms with Gasteiger partial charge in [0.1, 0.15) is 5.82 Å². The van der Waals surface area contributed by atoms with Gasteiger partial charge in [0.25, 0.3) is 0 Å². The van der Waals surface area contributed by atoms with Gasteiger partial charge in [-0.05, 0) is 29.7 Å². The zero-order valence-corrected chi connectivity index (χ0v) is 12.0. The van der Waals surface area contributed by atoms with E-state index < -0.39 is 5.82 Å². The van der Waals surface area contributed by atoms with Gasteiger partial charge in [-0.2, -0.15) is 0 Å². The molecule has 0 radical (unpaired) electrons. The van der Waals surface area contributed by atoms with Gasteiger partial charge in [0, 0.05) is 13.1 Å². The van der Waals surface area contributed by atoms with Crippen LogP contribution >= 0.6 is 11.6 Å². The maximum Gasteiger partial charge on any atom is 0.322 e. The third-order valence-electron chi connectivity index (χ3n) is 3.61. The molecule has 0 unspecified atom stereocenters. The number of amides is 2. The fourth-order valence-corrected chi connectivity index (χ4v) is 2.68. The maximum absolute atomic E-state index is 13.7. The highest BCUT2D eigenvalue weighted by Gasteiger charge is 2.21. The third kappa shape index (κ3) is 2.85. The van der Waals surface area contributed by atoms with Gasteiger partial charge in [0.15, 0.2) is 0 Å². The van der Waals surface area contributed by atoms with E-state index in [1.807, 2.05) is 18.2 Å². The number of rotatable bonds is 1. The van der Waals surface area contributed by atoms with E-state index in [2.05, 4.69) is 11.4 Å². The summed E-state index contributed by atoms with van der Waals surface area (Å²) in [5, 5.41) is 2.75. The summed E-state index contributed by atoms with van der Waals surface area (Å²) in [7, 11) is 0. The predicted molar refractivity (Wildman–Crippen MR) is 81.0 cm³/mol. The molecular formula is C16H14ClFN2O. The van der Waals surface area contributed by atoms with Crippen LogP contribution in [0.15, 0.2) is 42.5 Å². The zero-order chi connectivity index (χ0) is 14.8. The lowest BCUT2D eigenvalue weighted by molar-refractivity contribution is 0.206. The lowest BCUT2D eigenvalue weighted by Gasteiger charge is -2.29. The minimum absolute atomic E-state index is 0.0306. The first kappa shape index (κ1) is 13.9. The molecule has 2 amide bonds. The average molecular weight is 305 g/mol. The number of hydrogen-bond acceptors (Lipinski definition) is 1. The van der Waals surface area contributed by atoms with Crippen LogP contribution in [0.3, 0.4) is 0 Å². The lowest BCUT2D eigenvalue weighted by atomic mass is 10.0. The standard InChI is InChI=1S/C16H14ClFN2O/c17-13-6-3-7-14(18)15(13)19-16(21)20-9-8-11-4-1-2-5-12(11)10-20/h1-7H,8-10H2,(H,19,21). The molecular weight excluding hydrogens is 291 g/mol. The highest BCUT2D eigenvalue weighted by Crippen LogP contribution is 2.26. The molecule has 1 aliphatic rings. The molecule has 1 heterocycles. The van der Waals surface area contributed by atoms with Crippen molar-refractivity contribution in [3.8, 4) is 0 Å². The second kappa shape index (κ2) is 5.74. The predicted octanol–water partition coefficient (Wildman–Crippen LogP) is 4.07. The third-order valence-corrected chi connectivity index (χ3v) is 3.93. The Bertz CT molecular complexity index is 669. The van der Waals surface area contributed by atoms with Crippen molar-refractivity contribution >= 4 is 23.3 Å². The first-order valence-electron chi connectivity index (χ1n) is 6.72. The summed E-state index contributed by atoms with van der Waals surface area (Å²) in [6.07, 6.45) is 0.800. The lowest BCUT2D eigenvalue weighted by Crippen LogP contribution is -2.39. The Hall–Kier alpha value is -2.07. The smallest absolute Gasteiger partial charge is 0.320 e. The van der Waals surface area contributed by atoms with Gasteiger partial charge in [0.05, 0.1) is 10.7 Å². The Labute approximate surface area is 127 Å². The fraction of sp³-hybridized carbons (Fsp3) is 0.188. The molecule has 0 aromatic heterocycles. The minimum Gasteiger partial charge on any atom is -0.320 e. The van der Waals surface area contributed by atoms with Crippen LogP contribution in [-0.2, 0) is 13.0 Å². The van der Waals surface area contributed by atoms with Crippen LogP contribution in [0.2, 0.25) is 5.02 Å². The minimum atomic E-state index is -0.534. The number of hydrogen-bond donors (Lipinski definition) is 1. The molecule has 5 heteroatoms. The number of fused-ring (bicyclic) bond motifs is 1. The monoisotopic (exact) mass is 304 g/mol. The van der Waals surface area contributed by atoms with E-state index in [0.717, 1.165) is 12.0 Å². The number of anilines is 1. The van der Waals surface area contributed by atoms with Crippen molar-refractivity contribution in [3.05, 3.63) is 64.4 Å². The van der Waals surface area contributed by atoms with Crippen LogP contribution in [-0.4, -0.2) is 17.5 Å². The highest BCUT2D eigenvalue weighted by atomic mass is 35.5. The quantitative estimate of drug-likeness (QED) is 0.846. The van der Waals surface area contributed by atoms with E-state index >= 15 is 0 Å². The van der Waals surface area contributed by atoms with Crippen molar-refractivity contribution in [2.75, 3.05) is 11.9 Å². The number of carbonyl (C=O) groups excluding carboxylic acids is 1. The SMILES string of the molecule is O=C(Nc1c(F)cccc1Cl)N1CCc2ccccc2C1. The molecule has 0 bridgehead atoms.